The molecule has 0 aliphatic carbocycles. The van der Waals surface area contributed by atoms with Crippen LogP contribution in [-0.2, 0) is 0 Å². The van der Waals surface area contributed by atoms with Crippen LogP contribution in [0.4, 0.5) is 10.1 Å². The van der Waals surface area contributed by atoms with Crippen molar-refractivity contribution >= 4 is 34.2 Å². The maximum Gasteiger partial charge on any atom is 0.277 e. The van der Waals surface area contributed by atoms with Crippen molar-refractivity contribution in [2.45, 2.75) is 0 Å². The molecule has 0 bridgehead atoms. The van der Waals surface area contributed by atoms with Crippen LogP contribution >= 0.6 is 22.6 Å². The van der Waals surface area contributed by atoms with Crippen LogP contribution in [0.3, 0.4) is 0 Å². The molecule has 1 heterocycles. The van der Waals surface area contributed by atoms with Crippen molar-refractivity contribution in [3.63, 3.8) is 0 Å². The van der Waals surface area contributed by atoms with E-state index in [4.69, 9.17) is 0 Å². The van der Waals surface area contributed by atoms with Crippen LogP contribution in [0, 0.1) is 9.39 Å². The van der Waals surface area contributed by atoms with Gasteiger partial charge in [-0.15, -0.1) is 0 Å². The molecule has 0 fully saturated rings. The standard InChI is InChI=1S/C9H6FIN4O/c10-5-1-2-7(6(11)3-5)13-9(16)8-4-12-15-14-8/h1-4H,(H,13,16)(H,12,14,15). The van der Waals surface area contributed by atoms with Gasteiger partial charge in [0, 0.05) is 3.57 Å². The number of hydrogen-bond donors (Lipinski definition) is 2. The molecule has 0 radical (unpaired) electrons. The number of halogens is 2. The monoisotopic (exact) mass is 332 g/mol. The summed E-state index contributed by atoms with van der Waals surface area (Å²) in [5.74, 6) is -0.734. The molecule has 0 saturated carbocycles. The lowest BCUT2D eigenvalue weighted by Gasteiger charge is -2.05. The number of aromatic amines is 1. The Hall–Kier alpha value is -1.51. The van der Waals surface area contributed by atoms with Gasteiger partial charge in [0.05, 0.1) is 11.9 Å². The number of nitrogens with one attached hydrogen (secondary N) is 2. The van der Waals surface area contributed by atoms with E-state index in [-0.39, 0.29) is 11.5 Å². The number of carbonyl (C=O) groups is 1. The summed E-state index contributed by atoms with van der Waals surface area (Å²) in [5, 5.41) is 12.1. The lowest BCUT2D eigenvalue weighted by molar-refractivity contribution is 0.102. The predicted octanol–water partition coefficient (Wildman–Crippen LogP) is 1.80. The molecule has 0 aliphatic rings. The highest BCUT2D eigenvalue weighted by Gasteiger charge is 2.10. The van der Waals surface area contributed by atoms with Crippen LogP contribution in [0.5, 0.6) is 0 Å². The molecule has 0 saturated heterocycles. The van der Waals surface area contributed by atoms with Gasteiger partial charge in [0.1, 0.15) is 5.82 Å². The van der Waals surface area contributed by atoms with E-state index in [9.17, 15) is 9.18 Å². The van der Waals surface area contributed by atoms with Gasteiger partial charge in [-0.1, -0.05) is 0 Å². The minimum Gasteiger partial charge on any atom is -0.320 e. The first kappa shape index (κ1) is 11.0. The molecule has 2 rings (SSSR count). The van der Waals surface area contributed by atoms with Crippen molar-refractivity contribution < 1.29 is 9.18 Å². The second-order valence-electron chi connectivity index (χ2n) is 2.93. The Kier molecular flexibility index (Phi) is 3.13. The molecule has 2 aromatic rings. The summed E-state index contributed by atoms with van der Waals surface area (Å²) in [6.45, 7) is 0. The molecule has 0 spiro atoms. The maximum absolute atomic E-state index is 12.8. The number of benzene rings is 1. The van der Waals surface area contributed by atoms with Crippen molar-refractivity contribution in [3.05, 3.63) is 39.5 Å². The van der Waals surface area contributed by atoms with Gasteiger partial charge < -0.3 is 5.32 Å². The number of H-pyrrole nitrogens is 1. The summed E-state index contributed by atoms with van der Waals surface area (Å²) in [4.78, 5) is 11.6. The van der Waals surface area contributed by atoms with Gasteiger partial charge in [-0.05, 0) is 40.8 Å². The first-order valence-corrected chi connectivity index (χ1v) is 5.37. The number of rotatable bonds is 2. The van der Waals surface area contributed by atoms with Crippen molar-refractivity contribution in [1.82, 2.24) is 15.4 Å². The van der Waals surface area contributed by atoms with E-state index >= 15 is 0 Å². The summed E-state index contributed by atoms with van der Waals surface area (Å²) in [5.41, 5.74) is 0.718. The number of aromatic nitrogens is 3. The SMILES string of the molecule is O=C(Nc1ccc(F)cc1I)c1cn[nH]n1. The van der Waals surface area contributed by atoms with Gasteiger partial charge in [0.2, 0.25) is 0 Å². The number of nitrogens with zero attached hydrogens (tertiary/aromatic N) is 2. The summed E-state index contributed by atoms with van der Waals surface area (Å²) in [6, 6.07) is 4.11. The van der Waals surface area contributed by atoms with E-state index < -0.39 is 5.91 Å². The van der Waals surface area contributed by atoms with Crippen molar-refractivity contribution in [3.8, 4) is 0 Å². The average molecular weight is 332 g/mol. The zero-order valence-corrected chi connectivity index (χ0v) is 10.0. The Morgan fingerprint density at radius 3 is 2.94 bits per heavy atom. The Labute approximate surface area is 104 Å². The molecule has 2 N–H and O–H groups in total. The van der Waals surface area contributed by atoms with Crippen LogP contribution in [0.2, 0.25) is 0 Å². The number of amides is 1. The molecule has 82 valence electrons. The third-order valence-corrected chi connectivity index (χ3v) is 2.72. The minimum atomic E-state index is -0.390. The molecule has 5 nitrogen and oxygen atoms in total. The zero-order chi connectivity index (χ0) is 11.5. The van der Waals surface area contributed by atoms with Crippen molar-refractivity contribution in [2.75, 3.05) is 5.32 Å². The van der Waals surface area contributed by atoms with Gasteiger partial charge in [0.25, 0.3) is 5.91 Å². The molecule has 1 amide bonds. The van der Waals surface area contributed by atoms with Crippen LogP contribution in [-0.4, -0.2) is 21.3 Å². The molecule has 16 heavy (non-hydrogen) atoms. The van der Waals surface area contributed by atoms with E-state index in [0.29, 0.717) is 9.26 Å². The normalized spacial score (nSPS) is 10.1. The van der Waals surface area contributed by atoms with Crippen molar-refractivity contribution in [2.24, 2.45) is 0 Å². The topological polar surface area (TPSA) is 70.7 Å². The van der Waals surface area contributed by atoms with Gasteiger partial charge in [-0.25, -0.2) is 4.39 Å². The first-order valence-electron chi connectivity index (χ1n) is 4.29. The Morgan fingerprint density at radius 1 is 1.50 bits per heavy atom. The highest BCUT2D eigenvalue weighted by Crippen LogP contribution is 2.19. The van der Waals surface area contributed by atoms with E-state index in [1.807, 2.05) is 22.6 Å². The molecular weight excluding hydrogens is 326 g/mol. The largest absolute Gasteiger partial charge is 0.320 e. The third-order valence-electron chi connectivity index (χ3n) is 1.83. The van der Waals surface area contributed by atoms with Crippen LogP contribution in [0.1, 0.15) is 10.5 Å². The highest BCUT2D eigenvalue weighted by molar-refractivity contribution is 14.1. The molecule has 1 aromatic carbocycles. The molecule has 0 aliphatic heterocycles. The lowest BCUT2D eigenvalue weighted by atomic mass is 10.3. The molecule has 0 atom stereocenters. The second kappa shape index (κ2) is 4.56. The summed E-state index contributed by atoms with van der Waals surface area (Å²) in [7, 11) is 0. The van der Waals surface area contributed by atoms with Crippen molar-refractivity contribution in [1.29, 1.82) is 0 Å². The first-order chi connectivity index (χ1) is 7.66. The van der Waals surface area contributed by atoms with Gasteiger partial charge in [-0.2, -0.15) is 15.4 Å². The quantitative estimate of drug-likeness (QED) is 0.824. The predicted molar refractivity (Wildman–Crippen MR) is 63.5 cm³/mol. The van der Waals surface area contributed by atoms with Crippen LogP contribution < -0.4 is 5.32 Å². The van der Waals surface area contributed by atoms with Gasteiger partial charge in [-0.3, -0.25) is 4.79 Å². The maximum atomic E-state index is 12.8. The fourth-order valence-corrected chi connectivity index (χ4v) is 1.70. The number of hydrogen-bond acceptors (Lipinski definition) is 3. The lowest BCUT2D eigenvalue weighted by Crippen LogP contribution is -2.13. The average Bonchev–Trinajstić information content (AvgIpc) is 2.75. The van der Waals surface area contributed by atoms with E-state index in [2.05, 4.69) is 20.7 Å². The second-order valence-corrected chi connectivity index (χ2v) is 4.10. The number of carbonyl (C=O) groups excluding carboxylic acids is 1. The summed E-state index contributed by atoms with van der Waals surface area (Å²) < 4.78 is 13.4. The van der Waals surface area contributed by atoms with E-state index in [1.54, 1.807) is 0 Å². The minimum absolute atomic E-state index is 0.181. The smallest absolute Gasteiger partial charge is 0.277 e. The van der Waals surface area contributed by atoms with Crippen LogP contribution in [0.15, 0.2) is 24.4 Å². The fraction of sp³-hybridized carbons (Fsp3) is 0. The molecular formula is C9H6FIN4O. The fourth-order valence-electron chi connectivity index (χ4n) is 1.09. The molecule has 0 unspecified atom stereocenters. The zero-order valence-electron chi connectivity index (χ0n) is 7.87. The Balaban J connectivity index is 2.18. The Morgan fingerprint density at radius 2 is 2.31 bits per heavy atom. The van der Waals surface area contributed by atoms with Gasteiger partial charge in [0.15, 0.2) is 5.69 Å². The van der Waals surface area contributed by atoms with Gasteiger partial charge >= 0.3 is 0 Å². The summed E-state index contributed by atoms with van der Waals surface area (Å²) in [6.07, 6.45) is 1.31. The summed E-state index contributed by atoms with van der Waals surface area (Å²) >= 11 is 1.94. The molecule has 7 heteroatoms. The Bertz CT molecular complexity index is 514. The van der Waals surface area contributed by atoms with E-state index in [0.717, 1.165) is 0 Å². The van der Waals surface area contributed by atoms with Crippen LogP contribution in [0.25, 0.3) is 0 Å². The third kappa shape index (κ3) is 2.35. The highest BCUT2D eigenvalue weighted by atomic mass is 127. The van der Waals surface area contributed by atoms with E-state index in [1.165, 1.54) is 24.4 Å². The number of anilines is 1. The molecule has 1 aromatic heterocycles.